The number of nitrogens with zero attached hydrogens (tertiary/aromatic N) is 1. The molecule has 2 aromatic rings. The molecular weight excluding hydrogens is 347 g/mol. The van der Waals surface area contributed by atoms with Gasteiger partial charge in [0.25, 0.3) is 5.91 Å². The summed E-state index contributed by atoms with van der Waals surface area (Å²) in [5.74, 6) is -0.191. The number of hydrogen-bond donors (Lipinski definition) is 1. The molecule has 5 nitrogen and oxygen atoms in total. The maximum atomic E-state index is 15.1. The molecule has 1 fully saturated rings. The Labute approximate surface area is 158 Å². The van der Waals surface area contributed by atoms with E-state index in [2.05, 4.69) is 5.32 Å². The molecule has 1 aliphatic rings. The number of carbonyl (C=O) groups excluding carboxylic acids is 2. The van der Waals surface area contributed by atoms with Gasteiger partial charge in [0.2, 0.25) is 11.6 Å². The lowest BCUT2D eigenvalue weighted by atomic mass is 10.0. The van der Waals surface area contributed by atoms with E-state index in [0.717, 1.165) is 11.1 Å². The summed E-state index contributed by atoms with van der Waals surface area (Å²) in [5.41, 5.74) is -0.346. The van der Waals surface area contributed by atoms with Crippen molar-refractivity contribution in [2.24, 2.45) is 0 Å². The fraction of sp³-hybridized carbons (Fsp3) is 0.333. The van der Waals surface area contributed by atoms with E-state index in [0.29, 0.717) is 5.75 Å². The van der Waals surface area contributed by atoms with Crippen molar-refractivity contribution in [2.45, 2.75) is 25.1 Å². The molecule has 0 aliphatic carbocycles. The first-order chi connectivity index (χ1) is 13.0. The molecule has 142 valence electrons. The number of benzene rings is 2. The second-order valence-corrected chi connectivity index (χ2v) is 6.73. The standard InChI is InChI=1S/C21H23FN2O3/c1-27-18-9-5-8-17(12-18)13-19(25)24-11-10-21(22,15-24)20(26)23-14-16-6-3-2-4-7-16/h2-9,12H,10-11,13-15H2,1H3,(H,23,26). The Kier molecular flexibility index (Phi) is 5.74. The molecule has 0 radical (unpaired) electrons. The van der Waals surface area contributed by atoms with E-state index in [1.54, 1.807) is 19.2 Å². The fourth-order valence-electron chi connectivity index (χ4n) is 3.18. The number of halogens is 1. The number of methoxy groups -OCH3 is 1. The maximum Gasteiger partial charge on any atom is 0.259 e. The van der Waals surface area contributed by atoms with Gasteiger partial charge in [-0.05, 0) is 23.3 Å². The van der Waals surface area contributed by atoms with Crippen molar-refractivity contribution in [3.63, 3.8) is 0 Å². The van der Waals surface area contributed by atoms with E-state index >= 15 is 4.39 Å². The van der Waals surface area contributed by atoms with Crippen molar-refractivity contribution in [1.82, 2.24) is 10.2 Å². The number of carbonyl (C=O) groups is 2. The highest BCUT2D eigenvalue weighted by Gasteiger charge is 2.46. The number of hydrogen-bond acceptors (Lipinski definition) is 3. The van der Waals surface area contributed by atoms with Crippen LogP contribution >= 0.6 is 0 Å². The molecule has 27 heavy (non-hydrogen) atoms. The first-order valence-corrected chi connectivity index (χ1v) is 8.92. The van der Waals surface area contributed by atoms with Crippen molar-refractivity contribution in [3.8, 4) is 5.75 Å². The van der Waals surface area contributed by atoms with Crippen LogP contribution in [-0.4, -0.2) is 42.6 Å². The van der Waals surface area contributed by atoms with E-state index in [1.165, 1.54) is 4.90 Å². The van der Waals surface area contributed by atoms with Crippen LogP contribution in [0.5, 0.6) is 5.75 Å². The van der Waals surface area contributed by atoms with Crippen LogP contribution in [0.3, 0.4) is 0 Å². The van der Waals surface area contributed by atoms with Gasteiger partial charge >= 0.3 is 0 Å². The molecular formula is C21H23FN2O3. The SMILES string of the molecule is COc1cccc(CC(=O)N2CCC(F)(C(=O)NCc3ccccc3)C2)c1. The van der Waals surface area contributed by atoms with Crippen molar-refractivity contribution < 1.29 is 18.7 Å². The molecule has 3 rings (SSSR count). The quantitative estimate of drug-likeness (QED) is 0.850. The van der Waals surface area contributed by atoms with E-state index in [4.69, 9.17) is 4.74 Å². The highest BCUT2D eigenvalue weighted by atomic mass is 19.1. The van der Waals surface area contributed by atoms with E-state index in [1.807, 2.05) is 42.5 Å². The average Bonchev–Trinajstić information content (AvgIpc) is 3.11. The van der Waals surface area contributed by atoms with Crippen LogP contribution < -0.4 is 10.1 Å². The molecule has 1 aliphatic heterocycles. The van der Waals surface area contributed by atoms with Gasteiger partial charge in [0.1, 0.15) is 5.75 Å². The number of ether oxygens (including phenoxy) is 1. The number of alkyl halides is 1. The summed E-state index contributed by atoms with van der Waals surface area (Å²) in [6.07, 6.45) is 0.163. The van der Waals surface area contributed by atoms with Gasteiger partial charge in [-0.3, -0.25) is 9.59 Å². The minimum atomic E-state index is -2.04. The Hall–Kier alpha value is -2.89. The molecule has 2 amide bonds. The Bertz CT molecular complexity index is 812. The van der Waals surface area contributed by atoms with Crippen molar-refractivity contribution >= 4 is 11.8 Å². The lowest BCUT2D eigenvalue weighted by Crippen LogP contribution is -2.46. The number of amides is 2. The van der Waals surface area contributed by atoms with Crippen LogP contribution in [0.1, 0.15) is 17.5 Å². The highest BCUT2D eigenvalue weighted by molar-refractivity contribution is 5.88. The molecule has 0 aromatic heterocycles. The van der Waals surface area contributed by atoms with E-state index < -0.39 is 11.6 Å². The normalized spacial score (nSPS) is 19.0. The van der Waals surface area contributed by atoms with Gasteiger partial charge in [0, 0.05) is 19.5 Å². The summed E-state index contributed by atoms with van der Waals surface area (Å²) >= 11 is 0. The largest absolute Gasteiger partial charge is 0.497 e. The molecule has 0 saturated carbocycles. The minimum absolute atomic E-state index is 0.0114. The van der Waals surface area contributed by atoms with Gasteiger partial charge < -0.3 is 15.0 Å². The molecule has 1 heterocycles. The van der Waals surface area contributed by atoms with Crippen molar-refractivity contribution in [1.29, 1.82) is 0 Å². The van der Waals surface area contributed by atoms with Gasteiger partial charge in [-0.15, -0.1) is 0 Å². The van der Waals surface area contributed by atoms with Crippen LogP contribution in [-0.2, 0) is 22.6 Å². The zero-order valence-electron chi connectivity index (χ0n) is 15.3. The summed E-state index contributed by atoms with van der Waals surface area (Å²) in [5, 5.41) is 2.64. The maximum absolute atomic E-state index is 15.1. The fourth-order valence-corrected chi connectivity index (χ4v) is 3.18. The summed E-state index contributed by atoms with van der Waals surface area (Å²) in [6.45, 7) is 0.289. The molecule has 1 atom stereocenters. The van der Waals surface area contributed by atoms with Gasteiger partial charge in [0.05, 0.1) is 20.1 Å². The Morgan fingerprint density at radius 2 is 1.89 bits per heavy atom. The van der Waals surface area contributed by atoms with Crippen LogP contribution in [0.4, 0.5) is 4.39 Å². The lowest BCUT2D eigenvalue weighted by Gasteiger charge is -2.20. The molecule has 0 bridgehead atoms. The first kappa shape index (κ1) is 18.9. The van der Waals surface area contributed by atoms with Gasteiger partial charge in [-0.1, -0.05) is 42.5 Å². The lowest BCUT2D eigenvalue weighted by molar-refractivity contribution is -0.134. The predicted molar refractivity (Wildman–Crippen MR) is 100 cm³/mol. The summed E-state index contributed by atoms with van der Waals surface area (Å²) in [4.78, 5) is 26.2. The molecule has 1 saturated heterocycles. The van der Waals surface area contributed by atoms with Crippen molar-refractivity contribution in [3.05, 3.63) is 65.7 Å². The zero-order chi connectivity index (χ0) is 19.3. The number of nitrogens with one attached hydrogen (secondary N) is 1. The van der Waals surface area contributed by atoms with Crippen LogP contribution in [0, 0.1) is 0 Å². The topological polar surface area (TPSA) is 58.6 Å². The van der Waals surface area contributed by atoms with Crippen LogP contribution in [0.15, 0.2) is 54.6 Å². The summed E-state index contributed by atoms with van der Waals surface area (Å²) < 4.78 is 20.2. The molecule has 0 spiro atoms. The van der Waals surface area contributed by atoms with Crippen LogP contribution in [0.2, 0.25) is 0 Å². The average molecular weight is 370 g/mol. The second kappa shape index (κ2) is 8.20. The Balaban J connectivity index is 1.55. The van der Waals surface area contributed by atoms with Gasteiger partial charge in [-0.2, -0.15) is 0 Å². The molecule has 6 heteroatoms. The second-order valence-electron chi connectivity index (χ2n) is 6.73. The third kappa shape index (κ3) is 4.64. The van der Waals surface area contributed by atoms with E-state index in [9.17, 15) is 9.59 Å². The number of likely N-dealkylation sites (tertiary alicyclic amines) is 1. The van der Waals surface area contributed by atoms with Crippen LogP contribution in [0.25, 0.3) is 0 Å². The molecule has 2 aromatic carbocycles. The molecule has 1 unspecified atom stereocenters. The predicted octanol–water partition coefficient (Wildman–Crippen LogP) is 2.49. The zero-order valence-corrected chi connectivity index (χ0v) is 15.3. The third-order valence-electron chi connectivity index (χ3n) is 4.76. The summed E-state index contributed by atoms with van der Waals surface area (Å²) in [6, 6.07) is 16.5. The van der Waals surface area contributed by atoms with Gasteiger partial charge in [0.15, 0.2) is 0 Å². The summed E-state index contributed by atoms with van der Waals surface area (Å²) in [7, 11) is 1.56. The van der Waals surface area contributed by atoms with E-state index in [-0.39, 0.29) is 38.4 Å². The van der Waals surface area contributed by atoms with Gasteiger partial charge in [-0.25, -0.2) is 4.39 Å². The smallest absolute Gasteiger partial charge is 0.259 e. The Morgan fingerprint density at radius 3 is 2.63 bits per heavy atom. The first-order valence-electron chi connectivity index (χ1n) is 8.92. The minimum Gasteiger partial charge on any atom is -0.497 e. The number of rotatable bonds is 6. The Morgan fingerprint density at radius 1 is 1.15 bits per heavy atom. The third-order valence-corrected chi connectivity index (χ3v) is 4.76. The monoisotopic (exact) mass is 370 g/mol. The van der Waals surface area contributed by atoms with Crippen molar-refractivity contribution in [2.75, 3.05) is 20.2 Å². The molecule has 1 N–H and O–H groups in total. The highest BCUT2D eigenvalue weighted by Crippen LogP contribution is 2.27.